The molecule has 0 bridgehead atoms. The summed E-state index contributed by atoms with van der Waals surface area (Å²) in [6.45, 7) is 3.57. The quantitative estimate of drug-likeness (QED) is 0.863. The Morgan fingerprint density at radius 3 is 2.94 bits per heavy atom. The Bertz CT molecular complexity index is 551. The third-order valence-corrected chi connectivity index (χ3v) is 2.21. The van der Waals surface area contributed by atoms with Crippen molar-refractivity contribution in [1.29, 1.82) is 0 Å². The number of aromatic carboxylic acids is 1. The minimum absolute atomic E-state index is 0.0226. The summed E-state index contributed by atoms with van der Waals surface area (Å²) in [7, 11) is 0. The molecule has 0 aliphatic carbocycles. The van der Waals surface area contributed by atoms with E-state index in [1.54, 1.807) is 12.1 Å². The molecule has 1 radical (unpaired) electrons. The molecule has 0 saturated carbocycles. The number of hydrogen-bond donors (Lipinski definition) is 1. The van der Waals surface area contributed by atoms with Crippen LogP contribution in [-0.4, -0.2) is 25.8 Å². The van der Waals surface area contributed by atoms with Gasteiger partial charge in [-0.25, -0.2) is 14.5 Å². The lowest BCUT2D eigenvalue weighted by atomic mass is 10.3. The van der Waals surface area contributed by atoms with E-state index < -0.39 is 5.97 Å². The predicted molar refractivity (Wildman–Crippen MR) is 57.8 cm³/mol. The maximum absolute atomic E-state index is 11.0. The van der Waals surface area contributed by atoms with Gasteiger partial charge < -0.3 is 5.11 Å². The second kappa shape index (κ2) is 3.94. The summed E-state index contributed by atoms with van der Waals surface area (Å²) < 4.78 is 1.16. The van der Waals surface area contributed by atoms with Crippen LogP contribution in [0.1, 0.15) is 16.2 Å². The van der Waals surface area contributed by atoms with Gasteiger partial charge in [0.15, 0.2) is 11.5 Å². The molecular weight excluding hydrogens is 230 g/mol. The molecule has 16 heavy (non-hydrogen) atoms. The fourth-order valence-corrected chi connectivity index (χ4v) is 1.48. The molecule has 0 spiro atoms. The molecule has 0 amide bonds. The lowest BCUT2D eigenvalue weighted by Crippen LogP contribution is -2.09. The summed E-state index contributed by atoms with van der Waals surface area (Å²) >= 11 is 5.91. The molecule has 0 saturated heterocycles. The molecule has 81 valence electrons. The van der Waals surface area contributed by atoms with E-state index in [1.807, 2.05) is 0 Å². The Balaban J connectivity index is 2.64. The summed E-state index contributed by atoms with van der Waals surface area (Å²) in [5.74, 6) is -0.833. The van der Waals surface area contributed by atoms with Crippen LogP contribution in [0.4, 0.5) is 0 Å². The normalized spacial score (nSPS) is 10.4. The van der Waals surface area contributed by atoms with Gasteiger partial charge in [-0.2, -0.15) is 5.10 Å². The summed E-state index contributed by atoms with van der Waals surface area (Å²) in [6.07, 6.45) is 1.51. The number of carbonyl (C=O) groups is 1. The minimum atomic E-state index is -1.11. The number of aromatic nitrogens is 3. The zero-order chi connectivity index (χ0) is 11.7. The Kier molecular flexibility index (Phi) is 2.62. The number of rotatable bonds is 2. The number of pyridine rings is 1. The highest BCUT2D eigenvalue weighted by molar-refractivity contribution is 6.32. The molecule has 0 atom stereocenters. The summed E-state index contributed by atoms with van der Waals surface area (Å²) in [4.78, 5) is 14.9. The molecule has 2 heterocycles. The van der Waals surface area contributed by atoms with Gasteiger partial charge in [0.2, 0.25) is 0 Å². The first kappa shape index (κ1) is 10.6. The van der Waals surface area contributed by atoms with Crippen molar-refractivity contribution in [2.24, 2.45) is 0 Å². The van der Waals surface area contributed by atoms with E-state index in [-0.39, 0.29) is 11.5 Å². The third-order valence-electron chi connectivity index (χ3n) is 1.92. The van der Waals surface area contributed by atoms with E-state index in [0.29, 0.717) is 10.7 Å². The standard InChI is InChI=1S/C10H7ClN3O2/c1-6-5-8(10(15)16)14(13-6)9-7(11)3-2-4-12-9/h2-5H,1H2,(H,15,16). The molecule has 6 heteroatoms. The highest BCUT2D eigenvalue weighted by atomic mass is 35.5. The van der Waals surface area contributed by atoms with Crippen LogP contribution in [0.25, 0.3) is 5.82 Å². The fourth-order valence-electron chi connectivity index (χ4n) is 1.28. The SMILES string of the molecule is [CH2]c1cc(C(=O)O)n(-c2ncccc2Cl)n1. The van der Waals surface area contributed by atoms with Crippen LogP contribution < -0.4 is 0 Å². The van der Waals surface area contributed by atoms with Crippen molar-refractivity contribution < 1.29 is 9.90 Å². The first-order chi connectivity index (χ1) is 7.59. The molecule has 0 aliphatic heterocycles. The average molecular weight is 237 g/mol. The van der Waals surface area contributed by atoms with Crippen LogP contribution in [0.5, 0.6) is 0 Å². The van der Waals surface area contributed by atoms with Gasteiger partial charge in [-0.15, -0.1) is 0 Å². The highest BCUT2D eigenvalue weighted by Gasteiger charge is 2.16. The number of halogens is 1. The third kappa shape index (κ3) is 1.77. The van der Waals surface area contributed by atoms with Gasteiger partial charge in [-0.05, 0) is 25.1 Å². The Hall–Kier alpha value is -1.88. The minimum Gasteiger partial charge on any atom is -0.477 e. The number of hydrogen-bond acceptors (Lipinski definition) is 3. The van der Waals surface area contributed by atoms with Crippen molar-refractivity contribution in [2.45, 2.75) is 0 Å². The summed E-state index contributed by atoms with van der Waals surface area (Å²) in [5.41, 5.74) is 0.324. The average Bonchev–Trinajstić information content (AvgIpc) is 2.61. The van der Waals surface area contributed by atoms with Crippen LogP contribution in [0, 0.1) is 6.92 Å². The zero-order valence-corrected chi connectivity index (χ0v) is 8.85. The van der Waals surface area contributed by atoms with E-state index in [2.05, 4.69) is 17.0 Å². The fraction of sp³-hybridized carbons (Fsp3) is 0. The monoisotopic (exact) mass is 236 g/mol. The van der Waals surface area contributed by atoms with Gasteiger partial charge in [-0.1, -0.05) is 11.6 Å². The summed E-state index contributed by atoms with van der Waals surface area (Å²) in [5, 5.41) is 13.2. The molecule has 5 nitrogen and oxygen atoms in total. The van der Waals surface area contributed by atoms with Crippen molar-refractivity contribution in [3.05, 3.63) is 47.7 Å². The Morgan fingerprint density at radius 2 is 2.31 bits per heavy atom. The van der Waals surface area contributed by atoms with E-state index in [4.69, 9.17) is 16.7 Å². The first-order valence-electron chi connectivity index (χ1n) is 4.36. The van der Waals surface area contributed by atoms with Crippen molar-refractivity contribution in [2.75, 3.05) is 0 Å². The zero-order valence-electron chi connectivity index (χ0n) is 8.09. The van der Waals surface area contributed by atoms with Gasteiger partial charge in [0.25, 0.3) is 0 Å². The molecule has 0 fully saturated rings. The molecule has 0 aliphatic rings. The Morgan fingerprint density at radius 1 is 1.56 bits per heavy atom. The number of nitrogens with zero attached hydrogens (tertiary/aromatic N) is 3. The van der Waals surface area contributed by atoms with Crippen LogP contribution in [0.3, 0.4) is 0 Å². The van der Waals surface area contributed by atoms with Crippen LogP contribution in [0.15, 0.2) is 24.4 Å². The Labute approximate surface area is 96.3 Å². The van der Waals surface area contributed by atoms with Gasteiger partial charge in [-0.3, -0.25) is 0 Å². The molecule has 2 rings (SSSR count). The van der Waals surface area contributed by atoms with Crippen molar-refractivity contribution in [3.63, 3.8) is 0 Å². The smallest absolute Gasteiger partial charge is 0.354 e. The molecule has 0 aromatic carbocycles. The molecule has 2 aromatic rings. The predicted octanol–water partition coefficient (Wildman–Crippen LogP) is 1.80. The van der Waals surface area contributed by atoms with Crippen molar-refractivity contribution in [3.8, 4) is 5.82 Å². The summed E-state index contributed by atoms with van der Waals surface area (Å²) in [6, 6.07) is 4.62. The van der Waals surface area contributed by atoms with Crippen LogP contribution in [0.2, 0.25) is 5.02 Å². The molecule has 2 aromatic heterocycles. The second-order valence-corrected chi connectivity index (χ2v) is 3.45. The van der Waals surface area contributed by atoms with E-state index in [0.717, 1.165) is 4.68 Å². The number of carboxylic acid groups (broad SMARTS) is 1. The maximum atomic E-state index is 11.0. The molecule has 0 unspecified atom stereocenters. The lowest BCUT2D eigenvalue weighted by molar-refractivity contribution is 0.0687. The molecular formula is C10H7ClN3O2. The highest BCUT2D eigenvalue weighted by Crippen LogP contribution is 2.18. The van der Waals surface area contributed by atoms with Gasteiger partial charge >= 0.3 is 5.97 Å². The maximum Gasteiger partial charge on any atom is 0.354 e. The largest absolute Gasteiger partial charge is 0.477 e. The van der Waals surface area contributed by atoms with Crippen LogP contribution in [-0.2, 0) is 0 Å². The van der Waals surface area contributed by atoms with E-state index in [9.17, 15) is 4.79 Å². The lowest BCUT2D eigenvalue weighted by Gasteiger charge is -2.04. The van der Waals surface area contributed by atoms with Gasteiger partial charge in [0.05, 0.1) is 10.7 Å². The van der Waals surface area contributed by atoms with E-state index >= 15 is 0 Å². The molecule has 1 N–H and O–H groups in total. The second-order valence-electron chi connectivity index (χ2n) is 3.05. The van der Waals surface area contributed by atoms with Crippen LogP contribution >= 0.6 is 11.6 Å². The van der Waals surface area contributed by atoms with Crippen molar-refractivity contribution in [1.82, 2.24) is 14.8 Å². The van der Waals surface area contributed by atoms with Gasteiger partial charge in [0, 0.05) is 6.20 Å². The van der Waals surface area contributed by atoms with Gasteiger partial charge in [0.1, 0.15) is 0 Å². The van der Waals surface area contributed by atoms with E-state index in [1.165, 1.54) is 12.3 Å². The number of carboxylic acids is 1. The van der Waals surface area contributed by atoms with Crippen molar-refractivity contribution >= 4 is 17.6 Å². The topological polar surface area (TPSA) is 68.0 Å². The first-order valence-corrected chi connectivity index (χ1v) is 4.73.